The topological polar surface area (TPSA) is 42.7 Å². The maximum absolute atomic E-state index is 4.52. The molecule has 96 valence electrons. The molecule has 1 N–H and O–H groups in total. The second-order valence-corrected chi connectivity index (χ2v) is 5.50. The van der Waals surface area contributed by atoms with Crippen molar-refractivity contribution < 1.29 is 0 Å². The highest BCUT2D eigenvalue weighted by Crippen LogP contribution is 2.11. The SMILES string of the molecule is CCCNCc1cc(C)nc(-n2cc(I)cn2)c1. The third kappa shape index (κ3) is 3.52. The van der Waals surface area contributed by atoms with Gasteiger partial charge in [0.1, 0.15) is 0 Å². The molecule has 2 aromatic rings. The van der Waals surface area contributed by atoms with Crippen molar-refractivity contribution in [3.63, 3.8) is 0 Å². The Hall–Kier alpha value is -0.950. The van der Waals surface area contributed by atoms with Gasteiger partial charge in [-0.3, -0.25) is 0 Å². The minimum Gasteiger partial charge on any atom is -0.313 e. The van der Waals surface area contributed by atoms with Crippen LogP contribution in [0.3, 0.4) is 0 Å². The molecular formula is C13H17IN4. The lowest BCUT2D eigenvalue weighted by atomic mass is 10.2. The van der Waals surface area contributed by atoms with E-state index in [2.05, 4.69) is 57.0 Å². The Morgan fingerprint density at radius 2 is 2.22 bits per heavy atom. The lowest BCUT2D eigenvalue weighted by Gasteiger charge is -2.07. The largest absolute Gasteiger partial charge is 0.313 e. The summed E-state index contributed by atoms with van der Waals surface area (Å²) in [6.45, 7) is 6.10. The summed E-state index contributed by atoms with van der Waals surface area (Å²) >= 11 is 2.25. The van der Waals surface area contributed by atoms with Gasteiger partial charge in [-0.2, -0.15) is 5.10 Å². The fraction of sp³-hybridized carbons (Fsp3) is 0.385. The number of pyridine rings is 1. The lowest BCUT2D eigenvalue weighted by Crippen LogP contribution is -2.14. The second-order valence-electron chi connectivity index (χ2n) is 4.25. The molecule has 18 heavy (non-hydrogen) atoms. The van der Waals surface area contributed by atoms with Crippen molar-refractivity contribution >= 4 is 22.6 Å². The summed E-state index contributed by atoms with van der Waals surface area (Å²) in [7, 11) is 0. The molecule has 0 aliphatic rings. The average Bonchev–Trinajstić information content (AvgIpc) is 2.76. The number of halogens is 1. The Balaban J connectivity index is 2.21. The molecular weight excluding hydrogens is 339 g/mol. The first-order chi connectivity index (χ1) is 8.69. The summed E-state index contributed by atoms with van der Waals surface area (Å²) in [4.78, 5) is 4.52. The molecule has 0 saturated carbocycles. The van der Waals surface area contributed by atoms with Gasteiger partial charge in [0.25, 0.3) is 0 Å². The third-order valence-electron chi connectivity index (χ3n) is 2.54. The standard InChI is InChI=1S/C13H17IN4/c1-3-4-15-7-11-5-10(2)17-13(6-11)18-9-12(14)8-16-18/h5-6,8-9,15H,3-4,7H2,1-2H3. The first kappa shape index (κ1) is 13.5. The Morgan fingerprint density at radius 3 is 2.89 bits per heavy atom. The van der Waals surface area contributed by atoms with E-state index in [1.54, 1.807) is 0 Å². The van der Waals surface area contributed by atoms with Crippen LogP contribution in [0.1, 0.15) is 24.6 Å². The number of hydrogen-bond donors (Lipinski definition) is 1. The summed E-state index contributed by atoms with van der Waals surface area (Å²) in [5.74, 6) is 0.881. The van der Waals surface area contributed by atoms with E-state index in [1.165, 1.54) is 5.56 Å². The van der Waals surface area contributed by atoms with Crippen LogP contribution in [0, 0.1) is 10.5 Å². The van der Waals surface area contributed by atoms with E-state index < -0.39 is 0 Å². The number of nitrogens with zero attached hydrogens (tertiary/aromatic N) is 3. The molecule has 0 spiro atoms. The molecule has 4 nitrogen and oxygen atoms in total. The Bertz CT molecular complexity index is 521. The van der Waals surface area contributed by atoms with Crippen LogP contribution in [0.15, 0.2) is 24.5 Å². The van der Waals surface area contributed by atoms with Crippen molar-refractivity contribution in [3.05, 3.63) is 39.4 Å². The zero-order valence-corrected chi connectivity index (χ0v) is 12.8. The maximum Gasteiger partial charge on any atom is 0.153 e. The molecule has 0 radical (unpaired) electrons. The summed E-state index contributed by atoms with van der Waals surface area (Å²) in [6, 6.07) is 4.19. The molecule has 2 aromatic heterocycles. The van der Waals surface area contributed by atoms with Gasteiger partial charge in [0, 0.05) is 18.4 Å². The van der Waals surface area contributed by atoms with Crippen molar-refractivity contribution in [1.29, 1.82) is 0 Å². The van der Waals surface area contributed by atoms with Crippen molar-refractivity contribution in [2.75, 3.05) is 6.54 Å². The minimum atomic E-state index is 0.878. The normalized spacial score (nSPS) is 10.8. The molecule has 0 bridgehead atoms. The molecule has 0 unspecified atom stereocenters. The van der Waals surface area contributed by atoms with E-state index in [9.17, 15) is 0 Å². The first-order valence-electron chi connectivity index (χ1n) is 6.08. The maximum atomic E-state index is 4.52. The van der Waals surface area contributed by atoms with E-state index in [1.807, 2.05) is 24.0 Å². The molecule has 0 aromatic carbocycles. The van der Waals surface area contributed by atoms with E-state index in [0.717, 1.165) is 34.6 Å². The monoisotopic (exact) mass is 356 g/mol. The highest BCUT2D eigenvalue weighted by molar-refractivity contribution is 14.1. The van der Waals surface area contributed by atoms with E-state index >= 15 is 0 Å². The fourth-order valence-corrected chi connectivity index (χ4v) is 2.16. The van der Waals surface area contributed by atoms with Crippen LogP contribution in [-0.2, 0) is 6.54 Å². The predicted molar refractivity (Wildman–Crippen MR) is 80.8 cm³/mol. The van der Waals surface area contributed by atoms with Crippen LogP contribution in [0.25, 0.3) is 5.82 Å². The van der Waals surface area contributed by atoms with Gasteiger partial charge in [0.05, 0.1) is 9.77 Å². The summed E-state index contributed by atoms with van der Waals surface area (Å²) in [5.41, 5.74) is 2.27. The van der Waals surface area contributed by atoms with Gasteiger partial charge in [-0.25, -0.2) is 9.67 Å². The quantitative estimate of drug-likeness (QED) is 0.662. The number of aryl methyl sites for hydroxylation is 1. The van der Waals surface area contributed by atoms with Crippen LogP contribution >= 0.6 is 22.6 Å². The van der Waals surface area contributed by atoms with Crippen molar-refractivity contribution in [3.8, 4) is 5.82 Å². The van der Waals surface area contributed by atoms with Crippen LogP contribution in [0.2, 0.25) is 0 Å². The van der Waals surface area contributed by atoms with Gasteiger partial charge in [-0.15, -0.1) is 0 Å². The van der Waals surface area contributed by atoms with E-state index in [4.69, 9.17) is 0 Å². The van der Waals surface area contributed by atoms with Crippen molar-refractivity contribution in [1.82, 2.24) is 20.1 Å². The number of nitrogens with one attached hydrogen (secondary N) is 1. The number of rotatable bonds is 5. The number of aromatic nitrogens is 3. The van der Waals surface area contributed by atoms with Crippen LogP contribution < -0.4 is 5.32 Å². The van der Waals surface area contributed by atoms with Gasteiger partial charge >= 0.3 is 0 Å². The van der Waals surface area contributed by atoms with Gasteiger partial charge in [-0.1, -0.05) is 6.92 Å². The van der Waals surface area contributed by atoms with Crippen LogP contribution in [0.5, 0.6) is 0 Å². The molecule has 0 atom stereocenters. The predicted octanol–water partition coefficient (Wildman–Crippen LogP) is 2.68. The molecule has 0 aliphatic heterocycles. The van der Waals surface area contributed by atoms with Crippen LogP contribution in [-0.4, -0.2) is 21.3 Å². The zero-order chi connectivity index (χ0) is 13.0. The smallest absolute Gasteiger partial charge is 0.153 e. The molecule has 0 fully saturated rings. The molecule has 0 aliphatic carbocycles. The van der Waals surface area contributed by atoms with Gasteiger partial charge in [0.15, 0.2) is 5.82 Å². The van der Waals surface area contributed by atoms with Gasteiger partial charge in [0.2, 0.25) is 0 Å². The van der Waals surface area contributed by atoms with E-state index in [-0.39, 0.29) is 0 Å². The Labute approximate surface area is 121 Å². The third-order valence-corrected chi connectivity index (χ3v) is 3.10. The minimum absolute atomic E-state index is 0.878. The van der Waals surface area contributed by atoms with Crippen molar-refractivity contribution in [2.45, 2.75) is 26.8 Å². The highest BCUT2D eigenvalue weighted by atomic mass is 127. The zero-order valence-electron chi connectivity index (χ0n) is 10.7. The second kappa shape index (κ2) is 6.29. The van der Waals surface area contributed by atoms with Gasteiger partial charge in [-0.05, 0) is 60.2 Å². The van der Waals surface area contributed by atoms with Gasteiger partial charge < -0.3 is 5.32 Å². The molecule has 0 amide bonds. The fourth-order valence-electron chi connectivity index (χ4n) is 1.78. The Kier molecular flexibility index (Phi) is 4.71. The average molecular weight is 356 g/mol. The summed E-state index contributed by atoms with van der Waals surface area (Å²) in [5, 5.41) is 7.69. The van der Waals surface area contributed by atoms with E-state index in [0.29, 0.717) is 0 Å². The molecule has 0 saturated heterocycles. The lowest BCUT2D eigenvalue weighted by molar-refractivity contribution is 0.673. The Morgan fingerprint density at radius 1 is 1.39 bits per heavy atom. The first-order valence-corrected chi connectivity index (χ1v) is 7.15. The summed E-state index contributed by atoms with van der Waals surface area (Å²) < 4.78 is 2.93. The highest BCUT2D eigenvalue weighted by Gasteiger charge is 2.04. The molecule has 2 rings (SSSR count). The molecule has 5 heteroatoms. The number of hydrogen-bond acceptors (Lipinski definition) is 3. The summed E-state index contributed by atoms with van der Waals surface area (Å²) in [6.07, 6.45) is 4.96. The van der Waals surface area contributed by atoms with Crippen LogP contribution in [0.4, 0.5) is 0 Å². The van der Waals surface area contributed by atoms with Crippen molar-refractivity contribution in [2.24, 2.45) is 0 Å². The molecule has 2 heterocycles.